The third kappa shape index (κ3) is 4.31. The molecule has 0 saturated heterocycles. The van der Waals surface area contributed by atoms with Crippen LogP contribution in [0.4, 0.5) is 0 Å². The number of ketones is 1. The largest absolute Gasteiger partial charge is 0.507 e. The van der Waals surface area contributed by atoms with Crippen LogP contribution >= 0.6 is 0 Å². The van der Waals surface area contributed by atoms with E-state index in [4.69, 9.17) is 10.2 Å². The molecule has 2 rings (SSSR count). The van der Waals surface area contributed by atoms with Gasteiger partial charge in [-0.2, -0.15) is 0 Å². The van der Waals surface area contributed by atoms with E-state index in [-0.39, 0.29) is 23.0 Å². The van der Waals surface area contributed by atoms with E-state index >= 15 is 0 Å². The number of carbonyl (C=O) groups is 1. The maximum absolute atomic E-state index is 10.8. The third-order valence-corrected chi connectivity index (χ3v) is 2.66. The van der Waals surface area contributed by atoms with Crippen molar-refractivity contribution in [2.45, 2.75) is 20.8 Å². The van der Waals surface area contributed by atoms with Crippen LogP contribution in [-0.4, -0.2) is 21.1 Å². The van der Waals surface area contributed by atoms with E-state index in [1.807, 2.05) is 13.8 Å². The van der Waals surface area contributed by atoms with E-state index in [2.05, 4.69) is 0 Å². The second-order valence-corrected chi connectivity index (χ2v) is 4.57. The van der Waals surface area contributed by atoms with Crippen LogP contribution in [-0.2, 0) is 0 Å². The molecular formula is C16H18O4. The minimum absolute atomic E-state index is 0.0602. The summed E-state index contributed by atoms with van der Waals surface area (Å²) < 4.78 is 0. The van der Waals surface area contributed by atoms with Crippen molar-refractivity contribution >= 4 is 5.78 Å². The van der Waals surface area contributed by atoms with E-state index < -0.39 is 0 Å². The number of hydrogen-bond donors (Lipinski definition) is 3. The summed E-state index contributed by atoms with van der Waals surface area (Å²) in [6, 6.07) is 9.72. The molecule has 0 bridgehead atoms. The van der Waals surface area contributed by atoms with Gasteiger partial charge in [0, 0.05) is 0 Å². The Bertz CT molecular complexity index is 618. The van der Waals surface area contributed by atoms with Crippen molar-refractivity contribution in [3.05, 3.63) is 53.1 Å². The maximum Gasteiger partial charge on any atom is 0.163 e. The van der Waals surface area contributed by atoms with Crippen molar-refractivity contribution < 1.29 is 20.1 Å². The lowest BCUT2D eigenvalue weighted by molar-refractivity contribution is 0.101. The Hall–Kier alpha value is -2.49. The molecule has 0 aliphatic carbocycles. The predicted molar refractivity (Wildman–Crippen MR) is 77.4 cm³/mol. The first-order chi connectivity index (χ1) is 9.31. The van der Waals surface area contributed by atoms with Gasteiger partial charge < -0.3 is 15.3 Å². The molecule has 20 heavy (non-hydrogen) atoms. The minimum atomic E-state index is -0.109. The van der Waals surface area contributed by atoms with E-state index in [1.54, 1.807) is 24.3 Å². The van der Waals surface area contributed by atoms with Gasteiger partial charge in [-0.25, -0.2) is 0 Å². The molecule has 0 saturated carbocycles. The molecular weight excluding hydrogens is 256 g/mol. The average molecular weight is 274 g/mol. The Balaban J connectivity index is 0.000000204. The number of Topliss-reactive ketones (excluding diaryl/α,β-unsaturated/α-hetero) is 1. The number of phenols is 3. The SMILES string of the molecule is CC(=O)c1ccc(C)cc1O.Cc1ccc(O)c(O)c1. The summed E-state index contributed by atoms with van der Waals surface area (Å²) in [6.07, 6.45) is 0. The Morgan fingerprint density at radius 2 is 1.30 bits per heavy atom. The highest BCUT2D eigenvalue weighted by Crippen LogP contribution is 2.23. The molecule has 4 heteroatoms. The van der Waals surface area contributed by atoms with Crippen molar-refractivity contribution in [1.82, 2.24) is 0 Å². The molecule has 0 amide bonds. The second kappa shape index (κ2) is 6.61. The lowest BCUT2D eigenvalue weighted by Gasteiger charge is -1.99. The molecule has 0 aliphatic rings. The van der Waals surface area contributed by atoms with Crippen molar-refractivity contribution in [2.24, 2.45) is 0 Å². The minimum Gasteiger partial charge on any atom is -0.507 e. The predicted octanol–water partition coefficient (Wildman–Crippen LogP) is 3.31. The van der Waals surface area contributed by atoms with Crippen LogP contribution in [0.3, 0.4) is 0 Å². The number of hydrogen-bond acceptors (Lipinski definition) is 4. The number of aryl methyl sites for hydroxylation is 2. The summed E-state index contributed by atoms with van der Waals surface area (Å²) in [4.78, 5) is 10.8. The van der Waals surface area contributed by atoms with Crippen molar-refractivity contribution in [1.29, 1.82) is 0 Å². The zero-order chi connectivity index (χ0) is 15.3. The lowest BCUT2D eigenvalue weighted by atomic mass is 10.1. The van der Waals surface area contributed by atoms with Gasteiger partial charge in [-0.05, 0) is 56.2 Å². The summed E-state index contributed by atoms with van der Waals surface area (Å²) in [5.74, 6) is -0.171. The number of carbonyl (C=O) groups excluding carboxylic acids is 1. The highest BCUT2D eigenvalue weighted by molar-refractivity contribution is 5.96. The van der Waals surface area contributed by atoms with Gasteiger partial charge in [0.25, 0.3) is 0 Å². The van der Waals surface area contributed by atoms with Crippen LogP contribution < -0.4 is 0 Å². The van der Waals surface area contributed by atoms with Crippen LogP contribution in [0.5, 0.6) is 17.2 Å². The Kier molecular flexibility index (Phi) is 5.15. The number of rotatable bonds is 1. The van der Waals surface area contributed by atoms with E-state index in [9.17, 15) is 9.90 Å². The zero-order valence-corrected chi connectivity index (χ0v) is 11.7. The fourth-order valence-electron chi connectivity index (χ4n) is 1.57. The van der Waals surface area contributed by atoms with Crippen LogP contribution in [0, 0.1) is 13.8 Å². The highest BCUT2D eigenvalue weighted by atomic mass is 16.3. The first-order valence-corrected chi connectivity index (χ1v) is 6.10. The van der Waals surface area contributed by atoms with Crippen molar-refractivity contribution in [2.75, 3.05) is 0 Å². The molecule has 2 aromatic carbocycles. The van der Waals surface area contributed by atoms with Gasteiger partial charge in [0.2, 0.25) is 0 Å². The molecule has 0 unspecified atom stereocenters. The first kappa shape index (κ1) is 15.6. The standard InChI is InChI=1S/C9H10O2.C7H8O2/c1-6-3-4-8(7(2)10)9(11)5-6;1-5-2-3-6(8)7(9)4-5/h3-5,11H,1-2H3;2-4,8-9H,1H3. The topological polar surface area (TPSA) is 77.8 Å². The molecule has 2 aromatic rings. The van der Waals surface area contributed by atoms with E-state index in [1.165, 1.54) is 19.1 Å². The quantitative estimate of drug-likeness (QED) is 0.550. The first-order valence-electron chi connectivity index (χ1n) is 6.10. The van der Waals surface area contributed by atoms with Gasteiger partial charge in [-0.1, -0.05) is 12.1 Å². The Morgan fingerprint density at radius 3 is 1.70 bits per heavy atom. The molecule has 0 radical (unpaired) electrons. The van der Waals surface area contributed by atoms with Gasteiger partial charge >= 0.3 is 0 Å². The summed E-state index contributed by atoms with van der Waals surface area (Å²) >= 11 is 0. The number of phenolic OH excluding ortho intramolecular Hbond substituents is 3. The Morgan fingerprint density at radius 1 is 0.800 bits per heavy atom. The molecule has 0 aliphatic heterocycles. The number of benzene rings is 2. The smallest absolute Gasteiger partial charge is 0.163 e. The molecule has 0 fully saturated rings. The molecule has 0 atom stereocenters. The second-order valence-electron chi connectivity index (χ2n) is 4.57. The van der Waals surface area contributed by atoms with Gasteiger partial charge in [-0.3, -0.25) is 4.79 Å². The average Bonchev–Trinajstić information content (AvgIpc) is 2.34. The summed E-state index contributed by atoms with van der Waals surface area (Å²) in [5, 5.41) is 26.9. The third-order valence-electron chi connectivity index (χ3n) is 2.66. The fraction of sp³-hybridized carbons (Fsp3) is 0.188. The molecule has 0 spiro atoms. The molecule has 0 aromatic heterocycles. The fourth-order valence-corrected chi connectivity index (χ4v) is 1.57. The van der Waals surface area contributed by atoms with Gasteiger partial charge in [-0.15, -0.1) is 0 Å². The van der Waals surface area contributed by atoms with Crippen LogP contribution in [0.1, 0.15) is 28.4 Å². The normalized spacial score (nSPS) is 9.55. The van der Waals surface area contributed by atoms with Gasteiger partial charge in [0.05, 0.1) is 5.56 Å². The summed E-state index contributed by atoms with van der Waals surface area (Å²) in [6.45, 7) is 5.15. The molecule has 106 valence electrons. The summed E-state index contributed by atoms with van der Waals surface area (Å²) in [5.41, 5.74) is 2.27. The monoisotopic (exact) mass is 274 g/mol. The molecule has 3 N–H and O–H groups in total. The van der Waals surface area contributed by atoms with Gasteiger partial charge in [0.1, 0.15) is 5.75 Å². The van der Waals surface area contributed by atoms with Crippen LogP contribution in [0.25, 0.3) is 0 Å². The lowest BCUT2D eigenvalue weighted by Crippen LogP contribution is -1.92. The van der Waals surface area contributed by atoms with Crippen molar-refractivity contribution in [3.63, 3.8) is 0 Å². The molecule has 0 heterocycles. The Labute approximate surface area is 117 Å². The molecule has 4 nitrogen and oxygen atoms in total. The van der Waals surface area contributed by atoms with Crippen molar-refractivity contribution in [3.8, 4) is 17.2 Å². The summed E-state index contributed by atoms with van der Waals surface area (Å²) in [7, 11) is 0. The van der Waals surface area contributed by atoms with Crippen LogP contribution in [0.2, 0.25) is 0 Å². The van der Waals surface area contributed by atoms with E-state index in [0.29, 0.717) is 5.56 Å². The maximum atomic E-state index is 10.8. The highest BCUT2D eigenvalue weighted by Gasteiger charge is 2.04. The van der Waals surface area contributed by atoms with Crippen LogP contribution in [0.15, 0.2) is 36.4 Å². The van der Waals surface area contributed by atoms with Gasteiger partial charge in [0.15, 0.2) is 17.3 Å². The number of aromatic hydroxyl groups is 3. The zero-order valence-electron chi connectivity index (χ0n) is 11.7. The van der Waals surface area contributed by atoms with E-state index in [0.717, 1.165) is 11.1 Å².